The van der Waals surface area contributed by atoms with Gasteiger partial charge in [-0.2, -0.15) is 15.8 Å². The summed E-state index contributed by atoms with van der Waals surface area (Å²) in [5, 5.41) is 31.1. The Morgan fingerprint density at radius 3 is 0.863 bits per heavy atom. The maximum atomic E-state index is 17.1. The molecule has 5 nitrogen and oxygen atoms in total. The van der Waals surface area contributed by atoms with Crippen LogP contribution >= 0.6 is 15.9 Å². The van der Waals surface area contributed by atoms with E-state index in [9.17, 15) is 40.4 Å². The van der Waals surface area contributed by atoms with Gasteiger partial charge in [-0.15, -0.1) is 0 Å². The van der Waals surface area contributed by atoms with Crippen molar-refractivity contribution in [3.63, 3.8) is 0 Å². The first-order valence-corrected chi connectivity index (χ1v) is 22.3. The molecule has 11 aromatic rings. The van der Waals surface area contributed by atoms with Gasteiger partial charge in [0.1, 0.15) is 46.3 Å². The van der Waals surface area contributed by atoms with Gasteiger partial charge < -0.3 is 9.13 Å². The van der Waals surface area contributed by atoms with Gasteiger partial charge in [-0.25, -0.2) is 43.9 Å². The Hall–Kier alpha value is -9.17. The Morgan fingerprint density at radius 2 is 0.562 bits per heavy atom. The lowest BCUT2D eigenvalue weighted by molar-refractivity contribution is 0.443. The summed E-state index contributed by atoms with van der Waals surface area (Å²) in [6.45, 7) is 0. The van der Waals surface area contributed by atoms with Crippen LogP contribution in [0.25, 0.3) is 77.2 Å². The van der Waals surface area contributed by atoms with Crippen molar-refractivity contribution in [2.45, 2.75) is 0 Å². The second kappa shape index (κ2) is 19.9. The molecule has 2 aromatic heterocycles. The molecule has 11 rings (SSSR count). The molecule has 356 valence electrons. The number of rotatable bonds is 4. The van der Waals surface area contributed by atoms with E-state index in [1.807, 2.05) is 103 Å². The highest BCUT2D eigenvalue weighted by Gasteiger charge is 2.32. The van der Waals surface area contributed by atoms with E-state index in [0.29, 0.717) is 5.56 Å². The average molecular weight is 1050 g/mol. The van der Waals surface area contributed by atoms with Gasteiger partial charge in [0.2, 0.25) is 0 Å². The SMILES string of the molecule is N#Cc1c(-n2c3ccccc3c3ccccc32)c(F)c(-c2ccccc2)c(F)c1-n1c2ccccc2c2ccccc21.N#Cc1c(F)c(F)c(-c2ccccc2)c(F)c1F.N#Cc1c(F)c(F)c(Br)c(F)c1F. The van der Waals surface area contributed by atoms with E-state index in [-0.39, 0.29) is 28.1 Å². The lowest BCUT2D eigenvalue weighted by Crippen LogP contribution is -2.12. The molecule has 2 heterocycles. The molecular formula is C57H26BrF10N5. The van der Waals surface area contributed by atoms with Crippen LogP contribution in [0.15, 0.2) is 162 Å². The lowest BCUT2D eigenvalue weighted by Gasteiger charge is -2.20. The quantitative estimate of drug-likeness (QED) is 0.100. The zero-order chi connectivity index (χ0) is 51.8. The van der Waals surface area contributed by atoms with Crippen LogP contribution in [0, 0.1) is 92.2 Å². The maximum Gasteiger partial charge on any atom is 0.180 e. The van der Waals surface area contributed by atoms with E-state index in [2.05, 4.69) is 22.0 Å². The molecule has 0 saturated heterocycles. The number of benzene rings is 9. The zero-order valence-corrected chi connectivity index (χ0v) is 38.5. The van der Waals surface area contributed by atoms with Gasteiger partial charge in [0, 0.05) is 21.5 Å². The third-order valence-corrected chi connectivity index (χ3v) is 12.6. The first-order valence-electron chi connectivity index (χ1n) is 21.5. The fraction of sp³-hybridized carbons (Fsp3) is 0. The highest BCUT2D eigenvalue weighted by atomic mass is 79.9. The molecule has 0 N–H and O–H groups in total. The monoisotopic (exact) mass is 1050 g/mol. The van der Waals surface area contributed by atoms with Gasteiger partial charge >= 0.3 is 0 Å². The van der Waals surface area contributed by atoms with Crippen molar-refractivity contribution in [2.24, 2.45) is 0 Å². The van der Waals surface area contributed by atoms with Crippen molar-refractivity contribution in [1.29, 1.82) is 15.8 Å². The number of nitriles is 3. The Balaban J connectivity index is 0.000000174. The van der Waals surface area contributed by atoms with Gasteiger partial charge in [-0.1, -0.05) is 133 Å². The molecule has 9 aromatic carbocycles. The average Bonchev–Trinajstić information content (AvgIpc) is 3.94. The highest BCUT2D eigenvalue weighted by Crippen LogP contribution is 2.44. The summed E-state index contributed by atoms with van der Waals surface area (Å²) in [5.74, 6) is -14.7. The van der Waals surface area contributed by atoms with Gasteiger partial charge in [0.05, 0.1) is 37.7 Å². The Bertz CT molecular complexity index is 3850. The van der Waals surface area contributed by atoms with Gasteiger partial charge in [-0.05, 0) is 51.3 Å². The molecule has 0 aliphatic rings. The second-order valence-corrected chi connectivity index (χ2v) is 16.6. The van der Waals surface area contributed by atoms with Crippen LogP contribution in [-0.4, -0.2) is 9.13 Å². The molecule has 0 amide bonds. The van der Waals surface area contributed by atoms with Crippen LogP contribution < -0.4 is 0 Å². The summed E-state index contributed by atoms with van der Waals surface area (Å²) < 4.78 is 141. The molecule has 0 unspecified atom stereocenters. The first kappa shape index (κ1) is 48.8. The predicted octanol–water partition coefficient (Wildman–Crippen LogP) is 16.4. The van der Waals surface area contributed by atoms with Crippen LogP contribution in [-0.2, 0) is 0 Å². The minimum absolute atomic E-state index is 0.00482. The number of hydrogen-bond acceptors (Lipinski definition) is 3. The number of hydrogen-bond donors (Lipinski definition) is 0. The summed E-state index contributed by atoms with van der Waals surface area (Å²) in [7, 11) is 0. The summed E-state index contributed by atoms with van der Waals surface area (Å²) >= 11 is 2.30. The molecular weight excluding hydrogens is 1020 g/mol. The summed E-state index contributed by atoms with van der Waals surface area (Å²) in [5.41, 5.74) is -0.255. The fourth-order valence-electron chi connectivity index (χ4n) is 8.67. The maximum absolute atomic E-state index is 17.1. The molecule has 73 heavy (non-hydrogen) atoms. The molecule has 16 heteroatoms. The van der Waals surface area contributed by atoms with Crippen LogP contribution in [0.5, 0.6) is 0 Å². The van der Waals surface area contributed by atoms with Crippen LogP contribution in [0.1, 0.15) is 16.7 Å². The number of fused-ring (bicyclic) bond motifs is 6. The molecule has 0 bridgehead atoms. The second-order valence-electron chi connectivity index (χ2n) is 15.8. The number of para-hydroxylation sites is 4. The standard InChI is InChI=1S/C37H21F2N3.C13H5F4N.C7BrF4N/c38-34-33(23-12-2-1-3-13-23)35(39)37(42-31-20-10-6-16-26(31)27-17-7-11-21-32(27)42)28(22-40)36(34)41-29-18-8-4-14-24(29)25-15-5-9-19-30(25)41;14-10-8(6-18)11(15)13(17)9(12(10)16)7-4-2-1-3-5-7;8-3-6(11)4(9)2(1-13)5(10)7(3)12/h1-21H;1-5H;. The van der Waals surface area contributed by atoms with Crippen molar-refractivity contribution in [3.8, 4) is 51.8 Å². The molecule has 0 radical (unpaired) electrons. The first-order chi connectivity index (χ1) is 35.3. The summed E-state index contributed by atoms with van der Waals surface area (Å²) in [6.07, 6.45) is 0. The number of halogens is 11. The highest BCUT2D eigenvalue weighted by molar-refractivity contribution is 9.10. The molecule has 0 spiro atoms. The van der Waals surface area contributed by atoms with E-state index >= 15 is 8.78 Å². The van der Waals surface area contributed by atoms with Crippen LogP contribution in [0.3, 0.4) is 0 Å². The fourth-order valence-corrected chi connectivity index (χ4v) is 9.02. The van der Waals surface area contributed by atoms with Gasteiger partial charge in [0.25, 0.3) is 0 Å². The van der Waals surface area contributed by atoms with E-state index in [1.54, 1.807) is 39.5 Å². The van der Waals surface area contributed by atoms with Crippen molar-refractivity contribution in [1.82, 2.24) is 9.13 Å². The minimum Gasteiger partial charge on any atom is -0.305 e. The lowest BCUT2D eigenvalue weighted by atomic mass is 9.98. The normalized spacial score (nSPS) is 10.9. The van der Waals surface area contributed by atoms with E-state index in [4.69, 9.17) is 10.5 Å². The number of nitrogens with zero attached hydrogens (tertiary/aromatic N) is 5. The topological polar surface area (TPSA) is 81.2 Å². The summed E-state index contributed by atoms with van der Waals surface area (Å²) in [4.78, 5) is 0. The zero-order valence-electron chi connectivity index (χ0n) is 36.9. The van der Waals surface area contributed by atoms with E-state index < -0.39 is 79.3 Å². The van der Waals surface area contributed by atoms with E-state index in [0.717, 1.165) is 55.8 Å². The van der Waals surface area contributed by atoms with Crippen molar-refractivity contribution < 1.29 is 43.9 Å². The smallest absolute Gasteiger partial charge is 0.180 e. The Kier molecular flexibility index (Phi) is 13.3. The Morgan fingerprint density at radius 1 is 0.301 bits per heavy atom. The molecule has 0 saturated carbocycles. The van der Waals surface area contributed by atoms with Gasteiger partial charge in [-0.3, -0.25) is 0 Å². The minimum atomic E-state index is -1.70. The van der Waals surface area contributed by atoms with Crippen molar-refractivity contribution in [2.75, 3.05) is 0 Å². The molecule has 0 fully saturated rings. The number of aromatic nitrogens is 2. The van der Waals surface area contributed by atoms with E-state index in [1.165, 1.54) is 24.3 Å². The Labute approximate surface area is 415 Å². The van der Waals surface area contributed by atoms with Crippen molar-refractivity contribution >= 4 is 59.5 Å². The van der Waals surface area contributed by atoms with Crippen molar-refractivity contribution in [3.05, 3.63) is 237 Å². The van der Waals surface area contributed by atoms with Gasteiger partial charge in [0.15, 0.2) is 58.2 Å². The summed E-state index contributed by atoms with van der Waals surface area (Å²) in [6, 6.07) is 51.0. The molecule has 0 atom stereocenters. The third-order valence-electron chi connectivity index (χ3n) is 11.9. The largest absolute Gasteiger partial charge is 0.305 e. The molecule has 0 aliphatic heterocycles. The molecule has 0 aliphatic carbocycles. The van der Waals surface area contributed by atoms with Crippen LogP contribution in [0.4, 0.5) is 43.9 Å². The third kappa shape index (κ3) is 8.16. The van der Waals surface area contributed by atoms with Crippen LogP contribution in [0.2, 0.25) is 0 Å². The predicted molar refractivity (Wildman–Crippen MR) is 260 cm³/mol.